The molecule has 7 rings (SSSR count). The van der Waals surface area contributed by atoms with Crippen molar-refractivity contribution in [2.24, 2.45) is 17.3 Å². The van der Waals surface area contributed by atoms with Crippen molar-refractivity contribution < 1.29 is 0 Å². The van der Waals surface area contributed by atoms with Crippen LogP contribution >= 0.6 is 11.6 Å². The molecule has 0 unspecified atom stereocenters. The number of halogens is 1. The molecule has 4 fully saturated rings. The van der Waals surface area contributed by atoms with Crippen molar-refractivity contribution in [3.8, 4) is 0 Å². The predicted molar refractivity (Wildman–Crippen MR) is 125 cm³/mol. The molecule has 1 nitrogen and oxygen atoms in total. The predicted octanol–water partition coefficient (Wildman–Crippen LogP) is 6.71. The molecule has 158 valence electrons. The Bertz CT molecular complexity index is 918. The van der Waals surface area contributed by atoms with Crippen LogP contribution in [0.5, 0.6) is 0 Å². The standard InChI is InChI=1S/C28H34ClN/c1-19(30-26-11-6-22-4-2-3-5-23(22)13-26)27-14-20-12-21(15-27)17-28(16-20,18-27)24-7-9-25(29)10-8-24/h2-5,7-10,19-21,26,30H,6,11-18H2,1H3/t19-,20-,21-,26-,27?,28?/m1/s1. The molecule has 0 heterocycles. The average molecular weight is 420 g/mol. The second-order valence-corrected chi connectivity index (χ2v) is 11.6. The summed E-state index contributed by atoms with van der Waals surface area (Å²) < 4.78 is 0. The molecule has 0 amide bonds. The molecule has 0 aliphatic heterocycles. The van der Waals surface area contributed by atoms with Crippen LogP contribution in [-0.2, 0) is 18.3 Å². The van der Waals surface area contributed by atoms with E-state index in [9.17, 15) is 0 Å². The summed E-state index contributed by atoms with van der Waals surface area (Å²) in [7, 11) is 0. The van der Waals surface area contributed by atoms with E-state index in [-0.39, 0.29) is 0 Å². The highest BCUT2D eigenvalue weighted by molar-refractivity contribution is 6.30. The zero-order valence-electron chi connectivity index (χ0n) is 18.2. The van der Waals surface area contributed by atoms with Crippen LogP contribution in [0.1, 0.15) is 68.6 Å². The Morgan fingerprint density at radius 2 is 1.63 bits per heavy atom. The molecule has 2 aromatic carbocycles. The number of benzene rings is 2. The summed E-state index contributed by atoms with van der Waals surface area (Å²) >= 11 is 6.23. The monoisotopic (exact) mass is 419 g/mol. The molecular weight excluding hydrogens is 386 g/mol. The lowest BCUT2D eigenvalue weighted by Gasteiger charge is -2.64. The van der Waals surface area contributed by atoms with Gasteiger partial charge in [0.25, 0.3) is 0 Å². The lowest BCUT2D eigenvalue weighted by molar-refractivity contribution is -0.0897. The van der Waals surface area contributed by atoms with Gasteiger partial charge in [0, 0.05) is 17.1 Å². The lowest BCUT2D eigenvalue weighted by Crippen LogP contribution is -2.61. The Morgan fingerprint density at radius 3 is 2.37 bits per heavy atom. The van der Waals surface area contributed by atoms with Gasteiger partial charge in [-0.2, -0.15) is 0 Å². The molecule has 4 atom stereocenters. The Morgan fingerprint density at radius 1 is 0.933 bits per heavy atom. The smallest absolute Gasteiger partial charge is 0.0406 e. The van der Waals surface area contributed by atoms with Crippen LogP contribution in [0.2, 0.25) is 5.02 Å². The fourth-order valence-corrected chi connectivity index (χ4v) is 8.48. The van der Waals surface area contributed by atoms with Crippen molar-refractivity contribution in [2.75, 3.05) is 0 Å². The fourth-order valence-electron chi connectivity index (χ4n) is 8.35. The number of hydrogen-bond acceptors (Lipinski definition) is 1. The van der Waals surface area contributed by atoms with Crippen molar-refractivity contribution in [3.63, 3.8) is 0 Å². The van der Waals surface area contributed by atoms with Crippen LogP contribution in [0, 0.1) is 17.3 Å². The third kappa shape index (κ3) is 3.16. The Balaban J connectivity index is 1.25. The maximum absolute atomic E-state index is 6.23. The van der Waals surface area contributed by atoms with Crippen LogP contribution in [0.25, 0.3) is 0 Å². The second-order valence-electron chi connectivity index (χ2n) is 11.2. The maximum atomic E-state index is 6.23. The van der Waals surface area contributed by atoms with Gasteiger partial charge in [0.05, 0.1) is 0 Å². The molecule has 0 spiro atoms. The van der Waals surface area contributed by atoms with E-state index in [0.29, 0.717) is 22.9 Å². The van der Waals surface area contributed by atoms with Gasteiger partial charge < -0.3 is 5.32 Å². The number of fused-ring (bicyclic) bond motifs is 1. The summed E-state index contributed by atoms with van der Waals surface area (Å²) in [4.78, 5) is 0. The summed E-state index contributed by atoms with van der Waals surface area (Å²) in [6, 6.07) is 19.2. The van der Waals surface area contributed by atoms with E-state index >= 15 is 0 Å². The fraction of sp³-hybridized carbons (Fsp3) is 0.571. The van der Waals surface area contributed by atoms with Crippen LogP contribution in [0.3, 0.4) is 0 Å². The minimum Gasteiger partial charge on any atom is -0.311 e. The molecule has 0 saturated heterocycles. The first-order valence-corrected chi connectivity index (χ1v) is 12.5. The van der Waals surface area contributed by atoms with E-state index in [1.807, 2.05) is 0 Å². The van der Waals surface area contributed by atoms with Crippen molar-refractivity contribution in [3.05, 3.63) is 70.2 Å². The second kappa shape index (κ2) is 7.10. The molecule has 2 heteroatoms. The summed E-state index contributed by atoms with van der Waals surface area (Å²) in [6.07, 6.45) is 12.2. The zero-order chi connectivity index (χ0) is 20.3. The molecule has 2 aromatic rings. The Labute approximate surface area is 186 Å². The lowest BCUT2D eigenvalue weighted by atomic mass is 9.41. The Hall–Kier alpha value is -1.31. The number of aryl methyl sites for hydroxylation is 1. The zero-order valence-corrected chi connectivity index (χ0v) is 18.9. The van der Waals surface area contributed by atoms with E-state index in [4.69, 9.17) is 11.6 Å². The Kier molecular flexibility index (Phi) is 4.59. The molecule has 0 radical (unpaired) electrons. The molecule has 4 saturated carbocycles. The highest BCUT2D eigenvalue weighted by Crippen LogP contribution is 2.66. The normalized spacial score (nSPS) is 37.7. The van der Waals surface area contributed by atoms with Gasteiger partial charge in [-0.05, 0) is 116 Å². The van der Waals surface area contributed by atoms with Gasteiger partial charge in [-0.3, -0.25) is 0 Å². The van der Waals surface area contributed by atoms with Gasteiger partial charge in [0.15, 0.2) is 0 Å². The first-order chi connectivity index (χ1) is 14.5. The summed E-state index contributed by atoms with van der Waals surface area (Å²) in [5.74, 6) is 1.83. The highest BCUT2D eigenvalue weighted by atomic mass is 35.5. The molecule has 0 aromatic heterocycles. The van der Waals surface area contributed by atoms with Gasteiger partial charge in [0.1, 0.15) is 0 Å². The molecule has 30 heavy (non-hydrogen) atoms. The van der Waals surface area contributed by atoms with Crippen LogP contribution < -0.4 is 5.32 Å². The minimum atomic E-state index is 0.393. The first kappa shape index (κ1) is 19.4. The highest BCUT2D eigenvalue weighted by Gasteiger charge is 2.59. The van der Waals surface area contributed by atoms with E-state index in [1.54, 1.807) is 16.7 Å². The minimum absolute atomic E-state index is 0.393. The van der Waals surface area contributed by atoms with Crippen LogP contribution in [0.4, 0.5) is 0 Å². The van der Waals surface area contributed by atoms with Crippen molar-refractivity contribution in [1.29, 1.82) is 0 Å². The average Bonchev–Trinajstić information content (AvgIpc) is 2.73. The van der Waals surface area contributed by atoms with Gasteiger partial charge in [-0.1, -0.05) is 48.0 Å². The quantitative estimate of drug-likeness (QED) is 0.580. The summed E-state index contributed by atoms with van der Waals surface area (Å²) in [5, 5.41) is 5.04. The van der Waals surface area contributed by atoms with E-state index < -0.39 is 0 Å². The number of hydrogen-bond donors (Lipinski definition) is 1. The van der Waals surface area contributed by atoms with Gasteiger partial charge in [-0.15, -0.1) is 0 Å². The maximum Gasteiger partial charge on any atom is 0.0406 e. The van der Waals surface area contributed by atoms with Crippen molar-refractivity contribution in [2.45, 2.75) is 82.2 Å². The molecule has 4 bridgehead atoms. The number of rotatable bonds is 4. The van der Waals surface area contributed by atoms with Crippen LogP contribution in [-0.4, -0.2) is 12.1 Å². The third-order valence-electron chi connectivity index (χ3n) is 9.31. The van der Waals surface area contributed by atoms with Crippen LogP contribution in [0.15, 0.2) is 48.5 Å². The van der Waals surface area contributed by atoms with Crippen molar-refractivity contribution in [1.82, 2.24) is 5.32 Å². The largest absolute Gasteiger partial charge is 0.311 e. The number of nitrogens with one attached hydrogen (secondary N) is 1. The third-order valence-corrected chi connectivity index (χ3v) is 9.57. The summed E-state index contributed by atoms with van der Waals surface area (Å²) in [5.41, 5.74) is 5.56. The van der Waals surface area contributed by atoms with Crippen molar-refractivity contribution >= 4 is 11.6 Å². The van der Waals surface area contributed by atoms with E-state index in [0.717, 1.165) is 16.9 Å². The van der Waals surface area contributed by atoms with Gasteiger partial charge >= 0.3 is 0 Å². The SMILES string of the molecule is C[C@@H](N[C@@H]1CCc2ccccc2C1)C12C[C@H]3C[C@@H](CC(c4ccc(Cl)cc4)(C3)C1)C2. The van der Waals surface area contributed by atoms with E-state index in [1.165, 1.54) is 57.8 Å². The topological polar surface area (TPSA) is 12.0 Å². The summed E-state index contributed by atoms with van der Waals surface area (Å²) in [6.45, 7) is 2.52. The molecular formula is C28H34ClN. The molecule has 1 N–H and O–H groups in total. The molecule has 5 aliphatic carbocycles. The van der Waals surface area contributed by atoms with E-state index in [2.05, 4.69) is 60.8 Å². The van der Waals surface area contributed by atoms with Gasteiger partial charge in [-0.25, -0.2) is 0 Å². The van der Waals surface area contributed by atoms with Gasteiger partial charge in [0.2, 0.25) is 0 Å². The molecule has 5 aliphatic rings. The first-order valence-electron chi connectivity index (χ1n) is 12.1.